The third-order valence-corrected chi connectivity index (χ3v) is 2.21. The highest BCUT2D eigenvalue weighted by Crippen LogP contribution is 2.06. The highest BCUT2D eigenvalue weighted by atomic mass is 32.2. The molecule has 0 aliphatic carbocycles. The van der Waals surface area contributed by atoms with Crippen LogP contribution in [0.2, 0.25) is 0 Å². The monoisotopic (exact) mass is 147 g/mol. The molecule has 0 saturated heterocycles. The Kier molecular flexibility index (Phi) is 5.30. The number of hydrogen-bond acceptors (Lipinski definition) is 2. The molecule has 0 fully saturated rings. The van der Waals surface area contributed by atoms with E-state index < -0.39 is 0 Å². The summed E-state index contributed by atoms with van der Waals surface area (Å²) in [6.45, 7) is 4.49. The molecule has 0 saturated carbocycles. The van der Waals surface area contributed by atoms with Gasteiger partial charge in [-0.25, -0.2) is 0 Å². The molecule has 0 spiro atoms. The molecule has 0 radical (unpaired) electrons. The van der Waals surface area contributed by atoms with Gasteiger partial charge in [0.25, 0.3) is 0 Å². The van der Waals surface area contributed by atoms with E-state index in [0.29, 0.717) is 6.04 Å². The molecular weight excluding hydrogens is 130 g/mol. The predicted octanol–water partition coefficient (Wildman–Crippen LogP) is 1.59. The maximum atomic E-state index is 3.28. The molecule has 0 aromatic carbocycles. The molecule has 2 heteroatoms. The minimum Gasteiger partial charge on any atom is -0.316 e. The van der Waals surface area contributed by atoms with E-state index in [1.165, 1.54) is 5.75 Å². The Morgan fingerprint density at radius 3 is 2.11 bits per heavy atom. The highest BCUT2D eigenvalue weighted by molar-refractivity contribution is 7.98. The molecule has 0 aliphatic heterocycles. The second-order valence-corrected chi connectivity index (χ2v) is 3.51. The van der Waals surface area contributed by atoms with Crippen LogP contribution in [0.1, 0.15) is 13.8 Å². The van der Waals surface area contributed by atoms with Crippen molar-refractivity contribution in [1.82, 2.24) is 5.32 Å². The van der Waals surface area contributed by atoms with Crippen molar-refractivity contribution in [2.24, 2.45) is 5.92 Å². The van der Waals surface area contributed by atoms with Gasteiger partial charge in [-0.2, -0.15) is 11.8 Å². The molecular formula is C7H17NS. The molecule has 0 aromatic rings. The van der Waals surface area contributed by atoms with Gasteiger partial charge in [0.1, 0.15) is 0 Å². The van der Waals surface area contributed by atoms with Crippen LogP contribution in [0, 0.1) is 5.92 Å². The van der Waals surface area contributed by atoms with Gasteiger partial charge in [-0.15, -0.1) is 0 Å². The first-order valence-corrected chi connectivity index (χ1v) is 4.78. The summed E-state index contributed by atoms with van der Waals surface area (Å²) in [5.74, 6) is 1.97. The summed E-state index contributed by atoms with van der Waals surface area (Å²) in [6, 6.07) is 0.681. The van der Waals surface area contributed by atoms with Crippen molar-refractivity contribution in [2.75, 3.05) is 19.1 Å². The third kappa shape index (κ3) is 3.82. The maximum Gasteiger partial charge on any atom is 0.0178 e. The zero-order chi connectivity index (χ0) is 7.28. The number of thioether (sulfide) groups is 1. The average Bonchev–Trinajstić information content (AvgIpc) is 1.82. The van der Waals surface area contributed by atoms with Gasteiger partial charge < -0.3 is 5.32 Å². The van der Waals surface area contributed by atoms with Crippen LogP contribution < -0.4 is 5.32 Å². The third-order valence-electron chi connectivity index (χ3n) is 1.52. The summed E-state index contributed by atoms with van der Waals surface area (Å²) in [4.78, 5) is 0. The van der Waals surface area contributed by atoms with Crippen LogP contribution in [0.25, 0.3) is 0 Å². The molecule has 0 rings (SSSR count). The summed E-state index contributed by atoms with van der Waals surface area (Å²) in [5, 5.41) is 3.28. The van der Waals surface area contributed by atoms with Crippen LogP contribution in [0.4, 0.5) is 0 Å². The molecule has 1 nitrogen and oxygen atoms in total. The number of rotatable bonds is 4. The average molecular weight is 147 g/mol. The smallest absolute Gasteiger partial charge is 0.0178 e. The van der Waals surface area contributed by atoms with Crippen LogP contribution in [0.15, 0.2) is 0 Å². The lowest BCUT2D eigenvalue weighted by Gasteiger charge is -2.18. The predicted molar refractivity (Wildman–Crippen MR) is 46.1 cm³/mol. The van der Waals surface area contributed by atoms with Crippen molar-refractivity contribution in [1.29, 1.82) is 0 Å². The normalized spacial score (nSPS) is 14.3. The Morgan fingerprint density at radius 2 is 2.00 bits per heavy atom. The standard InChI is InChI=1S/C7H17NS/c1-6(2)7(8-3)5-9-4/h6-8H,5H2,1-4H3. The van der Waals surface area contributed by atoms with Crippen molar-refractivity contribution in [2.45, 2.75) is 19.9 Å². The Morgan fingerprint density at radius 1 is 1.44 bits per heavy atom. The second-order valence-electron chi connectivity index (χ2n) is 2.59. The fourth-order valence-corrected chi connectivity index (χ4v) is 1.70. The first-order valence-electron chi connectivity index (χ1n) is 3.38. The van der Waals surface area contributed by atoms with Gasteiger partial charge in [-0.1, -0.05) is 13.8 Å². The second kappa shape index (κ2) is 5.12. The molecule has 0 amide bonds. The Labute approximate surface area is 62.6 Å². The van der Waals surface area contributed by atoms with E-state index >= 15 is 0 Å². The van der Waals surface area contributed by atoms with Crippen molar-refractivity contribution in [3.05, 3.63) is 0 Å². The molecule has 1 atom stereocenters. The van der Waals surface area contributed by atoms with Gasteiger partial charge in [0.15, 0.2) is 0 Å². The van der Waals surface area contributed by atoms with E-state index in [4.69, 9.17) is 0 Å². The fraction of sp³-hybridized carbons (Fsp3) is 1.00. The molecule has 0 bridgehead atoms. The van der Waals surface area contributed by atoms with Crippen molar-refractivity contribution in [3.63, 3.8) is 0 Å². The van der Waals surface area contributed by atoms with Gasteiger partial charge in [0.2, 0.25) is 0 Å². The minimum atomic E-state index is 0.681. The summed E-state index contributed by atoms with van der Waals surface area (Å²) in [5.41, 5.74) is 0. The van der Waals surface area contributed by atoms with Gasteiger partial charge in [0.05, 0.1) is 0 Å². The SMILES string of the molecule is CNC(CSC)C(C)C. The van der Waals surface area contributed by atoms with E-state index in [1.54, 1.807) is 0 Å². The Balaban J connectivity index is 3.41. The molecule has 1 N–H and O–H groups in total. The Bertz CT molecular complexity index is 63.9. The minimum absolute atomic E-state index is 0.681. The van der Waals surface area contributed by atoms with Crippen LogP contribution in [-0.2, 0) is 0 Å². The number of nitrogens with one attached hydrogen (secondary N) is 1. The zero-order valence-corrected chi connectivity index (χ0v) is 7.59. The summed E-state index contributed by atoms with van der Waals surface area (Å²) >= 11 is 1.90. The van der Waals surface area contributed by atoms with E-state index in [9.17, 15) is 0 Å². The van der Waals surface area contributed by atoms with E-state index in [1.807, 2.05) is 18.8 Å². The molecule has 9 heavy (non-hydrogen) atoms. The van der Waals surface area contributed by atoms with Crippen LogP contribution >= 0.6 is 11.8 Å². The van der Waals surface area contributed by atoms with Crippen LogP contribution in [0.3, 0.4) is 0 Å². The zero-order valence-electron chi connectivity index (χ0n) is 6.77. The molecule has 0 aliphatic rings. The van der Waals surface area contributed by atoms with Crippen LogP contribution in [-0.4, -0.2) is 25.1 Å². The van der Waals surface area contributed by atoms with Crippen molar-refractivity contribution in [3.8, 4) is 0 Å². The van der Waals surface area contributed by atoms with Crippen LogP contribution in [0.5, 0.6) is 0 Å². The summed E-state index contributed by atoms with van der Waals surface area (Å²) < 4.78 is 0. The summed E-state index contributed by atoms with van der Waals surface area (Å²) in [7, 11) is 2.03. The van der Waals surface area contributed by atoms with Crippen molar-refractivity contribution < 1.29 is 0 Å². The first-order chi connectivity index (χ1) is 4.22. The lowest BCUT2D eigenvalue weighted by molar-refractivity contribution is 0.465. The molecule has 0 aromatic heterocycles. The first kappa shape index (κ1) is 9.31. The Hall–Kier alpha value is 0.310. The quantitative estimate of drug-likeness (QED) is 0.648. The van der Waals surface area contributed by atoms with E-state index in [2.05, 4.69) is 25.4 Å². The van der Waals surface area contributed by atoms with Gasteiger partial charge >= 0.3 is 0 Å². The lowest BCUT2D eigenvalue weighted by atomic mass is 10.1. The molecule has 0 heterocycles. The van der Waals surface area contributed by atoms with Gasteiger partial charge in [-0.3, -0.25) is 0 Å². The van der Waals surface area contributed by atoms with Crippen molar-refractivity contribution >= 4 is 11.8 Å². The largest absolute Gasteiger partial charge is 0.316 e. The molecule has 1 unspecified atom stereocenters. The van der Waals surface area contributed by atoms with Gasteiger partial charge in [-0.05, 0) is 19.2 Å². The molecule has 56 valence electrons. The van der Waals surface area contributed by atoms with Gasteiger partial charge in [0, 0.05) is 11.8 Å². The lowest BCUT2D eigenvalue weighted by Crippen LogP contribution is -2.32. The van der Waals surface area contributed by atoms with E-state index in [-0.39, 0.29) is 0 Å². The highest BCUT2D eigenvalue weighted by Gasteiger charge is 2.08. The fourth-order valence-electron chi connectivity index (χ4n) is 0.789. The topological polar surface area (TPSA) is 12.0 Å². The van der Waals surface area contributed by atoms with E-state index in [0.717, 1.165) is 5.92 Å². The maximum absolute atomic E-state index is 3.28. The summed E-state index contributed by atoms with van der Waals surface area (Å²) in [6.07, 6.45) is 2.15. The number of hydrogen-bond donors (Lipinski definition) is 1.